The summed E-state index contributed by atoms with van der Waals surface area (Å²) < 4.78 is 26.6. The Morgan fingerprint density at radius 3 is 2.65 bits per heavy atom. The molecule has 1 unspecified atom stereocenters. The Labute approximate surface area is 214 Å². The summed E-state index contributed by atoms with van der Waals surface area (Å²) in [6.07, 6.45) is 1.47. The van der Waals surface area contributed by atoms with Gasteiger partial charge in [0.1, 0.15) is 11.7 Å². The van der Waals surface area contributed by atoms with E-state index in [1.807, 2.05) is 6.07 Å². The molecule has 0 aliphatic carbocycles. The number of benzene rings is 2. The number of aliphatic hydroxyl groups is 1. The molecule has 0 spiro atoms. The molecule has 2 aromatic carbocycles. The van der Waals surface area contributed by atoms with Crippen LogP contribution in [-0.4, -0.2) is 51.9 Å². The van der Waals surface area contributed by atoms with Crippen LogP contribution in [0.3, 0.4) is 0 Å². The minimum absolute atomic E-state index is 0.144. The van der Waals surface area contributed by atoms with Crippen molar-refractivity contribution in [1.29, 1.82) is 5.26 Å². The van der Waals surface area contributed by atoms with Crippen LogP contribution in [0.4, 0.5) is 14.9 Å². The van der Waals surface area contributed by atoms with Gasteiger partial charge in [-0.05, 0) is 44.5 Å². The number of nitrogens with zero attached hydrogens (tertiary/aromatic N) is 3. The van der Waals surface area contributed by atoms with Crippen LogP contribution in [-0.2, 0) is 11.2 Å². The highest BCUT2D eigenvalue weighted by Crippen LogP contribution is 2.32. The molecule has 1 atom stereocenters. The molecule has 0 bridgehead atoms. The summed E-state index contributed by atoms with van der Waals surface area (Å²) in [7, 11) is 0. The zero-order chi connectivity index (χ0) is 27.2. The zero-order valence-electron chi connectivity index (χ0n) is 21.0. The number of ether oxygens (including phenoxy) is 2. The SMILES string of the molecule is CC(C)(C)OC(=O)N1CCC(Oc2ccc([N+](=O)[O-])c(CC(O)/C=C/c3cccc(C#N)c3)c2F)CC1. The molecule has 9 nitrogen and oxygen atoms in total. The summed E-state index contributed by atoms with van der Waals surface area (Å²) >= 11 is 0. The molecule has 1 saturated heterocycles. The van der Waals surface area contributed by atoms with E-state index in [0.717, 1.165) is 6.07 Å². The maximum absolute atomic E-state index is 15.4. The normalized spacial score (nSPS) is 15.3. The number of hydrogen-bond acceptors (Lipinski definition) is 7. The van der Waals surface area contributed by atoms with Gasteiger partial charge in [0.2, 0.25) is 0 Å². The number of aliphatic hydroxyl groups excluding tert-OH is 1. The lowest BCUT2D eigenvalue weighted by molar-refractivity contribution is -0.385. The second kappa shape index (κ2) is 11.8. The molecule has 1 aliphatic heterocycles. The van der Waals surface area contributed by atoms with Crippen molar-refractivity contribution in [2.24, 2.45) is 0 Å². The second-order valence-electron chi connectivity index (χ2n) is 9.78. The molecule has 196 valence electrons. The molecular weight excluding hydrogens is 481 g/mol. The highest BCUT2D eigenvalue weighted by atomic mass is 19.1. The molecule has 1 amide bonds. The molecule has 0 radical (unpaired) electrons. The molecule has 0 aromatic heterocycles. The fourth-order valence-corrected chi connectivity index (χ4v) is 3.92. The Balaban J connectivity index is 1.69. The number of carbonyl (C=O) groups excluding carboxylic acids is 1. The number of carbonyl (C=O) groups is 1. The maximum Gasteiger partial charge on any atom is 0.410 e. The van der Waals surface area contributed by atoms with E-state index in [2.05, 4.69) is 0 Å². The third-order valence-electron chi connectivity index (χ3n) is 5.71. The Bertz CT molecular complexity index is 1210. The summed E-state index contributed by atoms with van der Waals surface area (Å²) in [5, 5.41) is 31.0. The van der Waals surface area contributed by atoms with E-state index in [-0.39, 0.29) is 23.8 Å². The maximum atomic E-state index is 15.4. The van der Waals surface area contributed by atoms with Crippen LogP contribution in [0.5, 0.6) is 5.75 Å². The van der Waals surface area contributed by atoms with Gasteiger partial charge in [-0.1, -0.05) is 24.3 Å². The van der Waals surface area contributed by atoms with E-state index in [0.29, 0.717) is 37.1 Å². The Morgan fingerprint density at radius 2 is 2.03 bits per heavy atom. The van der Waals surface area contributed by atoms with Gasteiger partial charge >= 0.3 is 6.09 Å². The lowest BCUT2D eigenvalue weighted by atomic mass is 10.0. The number of rotatable bonds is 7. The molecule has 10 heteroatoms. The highest BCUT2D eigenvalue weighted by Gasteiger charge is 2.29. The largest absolute Gasteiger partial charge is 0.487 e. The van der Waals surface area contributed by atoms with E-state index in [9.17, 15) is 20.0 Å². The first kappa shape index (κ1) is 27.6. The number of likely N-dealkylation sites (tertiary alicyclic amines) is 1. The fourth-order valence-electron chi connectivity index (χ4n) is 3.92. The van der Waals surface area contributed by atoms with Crippen LogP contribution >= 0.6 is 0 Å². The number of amides is 1. The van der Waals surface area contributed by atoms with Gasteiger partial charge in [-0.15, -0.1) is 0 Å². The van der Waals surface area contributed by atoms with Crippen LogP contribution in [0.2, 0.25) is 0 Å². The highest BCUT2D eigenvalue weighted by molar-refractivity contribution is 5.68. The summed E-state index contributed by atoms with van der Waals surface area (Å²) in [5.41, 5.74) is -0.230. The Morgan fingerprint density at radius 1 is 1.32 bits per heavy atom. The first-order valence-electron chi connectivity index (χ1n) is 11.9. The number of nitro benzene ring substituents is 1. The summed E-state index contributed by atoms with van der Waals surface area (Å²) in [5.74, 6) is -1.04. The van der Waals surface area contributed by atoms with Crippen molar-refractivity contribution in [3.05, 3.63) is 75.1 Å². The topological polar surface area (TPSA) is 126 Å². The third kappa shape index (κ3) is 7.75. The number of piperidine rings is 1. The molecule has 2 aromatic rings. The van der Waals surface area contributed by atoms with Crippen LogP contribution < -0.4 is 4.74 Å². The molecule has 37 heavy (non-hydrogen) atoms. The van der Waals surface area contributed by atoms with E-state index < -0.39 is 34.2 Å². The van der Waals surface area contributed by atoms with Gasteiger partial charge in [0.15, 0.2) is 11.6 Å². The number of halogens is 1. The molecule has 0 saturated carbocycles. The minimum Gasteiger partial charge on any atom is -0.487 e. The number of hydrogen-bond donors (Lipinski definition) is 1. The van der Waals surface area contributed by atoms with Crippen LogP contribution in [0, 0.1) is 27.3 Å². The van der Waals surface area contributed by atoms with Crippen LogP contribution in [0.15, 0.2) is 42.5 Å². The predicted octanol–water partition coefficient (Wildman–Crippen LogP) is 5.00. The van der Waals surface area contributed by atoms with Gasteiger partial charge in [-0.2, -0.15) is 5.26 Å². The smallest absolute Gasteiger partial charge is 0.410 e. The van der Waals surface area contributed by atoms with Crippen LogP contribution in [0.1, 0.15) is 50.3 Å². The standard InChI is InChI=1S/C27H30FN3O6/c1-27(2,3)37-26(33)30-13-11-21(12-14-30)36-24-10-9-23(31(34)35)22(25(24)28)16-20(32)8-7-18-5-4-6-19(15-18)17-29/h4-10,15,20-21,32H,11-14,16H2,1-3H3/b8-7+. The fraction of sp³-hybridized carbons (Fsp3) is 0.407. The van der Waals surface area contributed by atoms with Gasteiger partial charge < -0.3 is 19.5 Å². The van der Waals surface area contributed by atoms with E-state index in [4.69, 9.17) is 14.7 Å². The second-order valence-corrected chi connectivity index (χ2v) is 9.78. The van der Waals surface area contributed by atoms with Crippen molar-refractivity contribution >= 4 is 17.9 Å². The molecular formula is C27H30FN3O6. The average molecular weight is 512 g/mol. The molecule has 1 fully saturated rings. The van der Waals surface area contributed by atoms with E-state index >= 15 is 4.39 Å². The number of nitriles is 1. The molecule has 1 N–H and O–H groups in total. The van der Waals surface area contributed by atoms with Gasteiger partial charge in [0, 0.05) is 38.4 Å². The van der Waals surface area contributed by atoms with Gasteiger partial charge in [0.25, 0.3) is 5.69 Å². The van der Waals surface area contributed by atoms with Crippen molar-refractivity contribution in [2.75, 3.05) is 13.1 Å². The van der Waals surface area contributed by atoms with Gasteiger partial charge in [0.05, 0.1) is 28.2 Å². The average Bonchev–Trinajstić information content (AvgIpc) is 2.84. The number of nitro groups is 1. The van der Waals surface area contributed by atoms with Crippen molar-refractivity contribution in [2.45, 2.75) is 57.8 Å². The summed E-state index contributed by atoms with van der Waals surface area (Å²) in [6.45, 7) is 6.10. The summed E-state index contributed by atoms with van der Waals surface area (Å²) in [6, 6.07) is 11.1. The van der Waals surface area contributed by atoms with Crippen molar-refractivity contribution in [3.8, 4) is 11.8 Å². The predicted molar refractivity (Wildman–Crippen MR) is 134 cm³/mol. The zero-order valence-corrected chi connectivity index (χ0v) is 21.0. The van der Waals surface area contributed by atoms with Gasteiger partial charge in [-0.3, -0.25) is 10.1 Å². The van der Waals surface area contributed by atoms with E-state index in [1.54, 1.807) is 56.0 Å². The molecule has 1 heterocycles. The Kier molecular flexibility index (Phi) is 8.84. The summed E-state index contributed by atoms with van der Waals surface area (Å²) in [4.78, 5) is 24.6. The van der Waals surface area contributed by atoms with Crippen molar-refractivity contribution in [1.82, 2.24) is 4.90 Å². The quantitative estimate of drug-likeness (QED) is 0.409. The molecule has 1 aliphatic rings. The minimum atomic E-state index is -1.22. The first-order chi connectivity index (χ1) is 17.5. The monoisotopic (exact) mass is 511 g/mol. The third-order valence-corrected chi connectivity index (χ3v) is 5.71. The Hall–Kier alpha value is -3.97. The molecule has 3 rings (SSSR count). The van der Waals surface area contributed by atoms with Gasteiger partial charge in [-0.25, -0.2) is 9.18 Å². The lowest BCUT2D eigenvalue weighted by Crippen LogP contribution is -2.44. The lowest BCUT2D eigenvalue weighted by Gasteiger charge is -2.33. The first-order valence-corrected chi connectivity index (χ1v) is 11.9. The van der Waals surface area contributed by atoms with E-state index in [1.165, 1.54) is 12.1 Å². The van der Waals surface area contributed by atoms with Crippen molar-refractivity contribution in [3.63, 3.8) is 0 Å². The van der Waals surface area contributed by atoms with Crippen molar-refractivity contribution < 1.29 is 28.7 Å². The van der Waals surface area contributed by atoms with Crippen LogP contribution in [0.25, 0.3) is 6.08 Å².